The average Bonchev–Trinajstić information content (AvgIpc) is 3.00. The van der Waals surface area contributed by atoms with Gasteiger partial charge in [0.1, 0.15) is 0 Å². The van der Waals surface area contributed by atoms with Crippen molar-refractivity contribution in [2.75, 3.05) is 20.8 Å². The van der Waals surface area contributed by atoms with E-state index in [4.69, 9.17) is 9.47 Å². The van der Waals surface area contributed by atoms with Gasteiger partial charge in [0.25, 0.3) is 0 Å². The van der Waals surface area contributed by atoms with Gasteiger partial charge >= 0.3 is 0 Å². The molecular formula is C17H26IN5O2. The molecule has 0 amide bonds. The number of methoxy groups -OCH3 is 1. The van der Waals surface area contributed by atoms with Crippen molar-refractivity contribution in [3.63, 3.8) is 0 Å². The number of nitrogens with one attached hydrogen (secondary N) is 2. The topological polar surface area (TPSA) is 72.7 Å². The molecule has 0 radical (unpaired) electrons. The van der Waals surface area contributed by atoms with Crippen LogP contribution in [0.2, 0.25) is 0 Å². The van der Waals surface area contributed by atoms with E-state index in [0.29, 0.717) is 19.7 Å². The SMILES string of the molecule is CCOc1cc(CNC(=NC)NCc2ccnn2C)ccc1OC.I. The van der Waals surface area contributed by atoms with Gasteiger partial charge in [0.2, 0.25) is 0 Å². The van der Waals surface area contributed by atoms with Crippen LogP contribution in [0, 0.1) is 0 Å². The third-order valence-electron chi connectivity index (χ3n) is 3.57. The zero-order valence-corrected chi connectivity index (χ0v) is 17.4. The Morgan fingerprint density at radius 3 is 2.56 bits per heavy atom. The lowest BCUT2D eigenvalue weighted by Crippen LogP contribution is -2.36. The standard InChI is InChI=1S/C17H25N5O2.HI/c1-5-24-16-10-13(6-7-15(16)23-4)11-19-17(18-2)20-12-14-8-9-21-22(14)3;/h6-10H,5,11-12H2,1-4H3,(H2,18,19,20);1H. The van der Waals surface area contributed by atoms with Crippen LogP contribution in [0.1, 0.15) is 18.2 Å². The molecule has 0 bridgehead atoms. The number of aliphatic imine (C=N–C) groups is 1. The molecule has 0 aliphatic heterocycles. The Kier molecular flexibility index (Phi) is 9.11. The van der Waals surface area contributed by atoms with Crippen molar-refractivity contribution in [3.05, 3.63) is 41.7 Å². The zero-order chi connectivity index (χ0) is 17.4. The Morgan fingerprint density at radius 2 is 1.96 bits per heavy atom. The van der Waals surface area contributed by atoms with Crippen LogP contribution in [0.4, 0.5) is 0 Å². The third kappa shape index (κ3) is 6.11. The smallest absolute Gasteiger partial charge is 0.191 e. The number of hydrogen-bond donors (Lipinski definition) is 2. The summed E-state index contributed by atoms with van der Waals surface area (Å²) in [7, 11) is 5.30. The maximum absolute atomic E-state index is 5.60. The van der Waals surface area contributed by atoms with Crippen molar-refractivity contribution >= 4 is 29.9 Å². The van der Waals surface area contributed by atoms with Crippen LogP contribution in [0.25, 0.3) is 0 Å². The second kappa shape index (κ2) is 10.8. The Morgan fingerprint density at radius 1 is 1.20 bits per heavy atom. The predicted molar refractivity (Wildman–Crippen MR) is 110 cm³/mol. The predicted octanol–water partition coefficient (Wildman–Crippen LogP) is 2.31. The molecule has 1 heterocycles. The zero-order valence-electron chi connectivity index (χ0n) is 15.1. The van der Waals surface area contributed by atoms with E-state index in [-0.39, 0.29) is 24.0 Å². The van der Waals surface area contributed by atoms with Crippen molar-refractivity contribution in [2.45, 2.75) is 20.0 Å². The highest BCUT2D eigenvalue weighted by Gasteiger charge is 2.06. The lowest BCUT2D eigenvalue weighted by atomic mass is 10.2. The number of aryl methyl sites for hydroxylation is 1. The van der Waals surface area contributed by atoms with Gasteiger partial charge in [-0.2, -0.15) is 5.10 Å². The first-order valence-corrected chi connectivity index (χ1v) is 7.89. The Labute approximate surface area is 165 Å². The van der Waals surface area contributed by atoms with Gasteiger partial charge in [0.05, 0.1) is 26.0 Å². The second-order valence-corrected chi connectivity index (χ2v) is 5.14. The molecule has 0 fully saturated rings. The molecule has 138 valence electrons. The molecule has 0 unspecified atom stereocenters. The summed E-state index contributed by atoms with van der Waals surface area (Å²) in [6.07, 6.45) is 1.78. The second-order valence-electron chi connectivity index (χ2n) is 5.14. The number of halogens is 1. The molecule has 0 aliphatic carbocycles. The fraction of sp³-hybridized carbons (Fsp3) is 0.412. The van der Waals surface area contributed by atoms with E-state index in [1.165, 1.54) is 0 Å². The summed E-state index contributed by atoms with van der Waals surface area (Å²) >= 11 is 0. The molecule has 0 aliphatic rings. The first kappa shape index (κ1) is 21.1. The first-order valence-electron chi connectivity index (χ1n) is 7.89. The van der Waals surface area contributed by atoms with Crippen molar-refractivity contribution in [3.8, 4) is 11.5 Å². The summed E-state index contributed by atoms with van der Waals surface area (Å²) in [6, 6.07) is 7.86. The molecule has 2 N–H and O–H groups in total. The highest BCUT2D eigenvalue weighted by molar-refractivity contribution is 14.0. The van der Waals surface area contributed by atoms with E-state index >= 15 is 0 Å². The highest BCUT2D eigenvalue weighted by atomic mass is 127. The molecule has 0 saturated carbocycles. The number of hydrogen-bond acceptors (Lipinski definition) is 4. The number of aromatic nitrogens is 2. The summed E-state index contributed by atoms with van der Waals surface area (Å²) < 4.78 is 12.7. The normalized spacial score (nSPS) is 10.8. The molecule has 0 saturated heterocycles. The molecule has 1 aromatic heterocycles. The number of guanidine groups is 1. The summed E-state index contributed by atoms with van der Waals surface area (Å²) in [5.74, 6) is 2.21. The summed E-state index contributed by atoms with van der Waals surface area (Å²) in [4.78, 5) is 4.23. The Balaban J connectivity index is 0.00000312. The molecule has 2 rings (SSSR count). The van der Waals surface area contributed by atoms with Crippen molar-refractivity contribution in [1.29, 1.82) is 0 Å². The molecule has 7 nitrogen and oxygen atoms in total. The maximum atomic E-state index is 5.60. The molecular weight excluding hydrogens is 433 g/mol. The van der Waals surface area contributed by atoms with E-state index in [0.717, 1.165) is 28.7 Å². The van der Waals surface area contributed by atoms with Crippen molar-refractivity contribution in [2.24, 2.45) is 12.0 Å². The third-order valence-corrected chi connectivity index (χ3v) is 3.57. The van der Waals surface area contributed by atoms with Crippen LogP contribution < -0.4 is 20.1 Å². The van der Waals surface area contributed by atoms with Crippen molar-refractivity contribution in [1.82, 2.24) is 20.4 Å². The molecule has 0 atom stereocenters. The Hall–Kier alpha value is -1.97. The van der Waals surface area contributed by atoms with Crippen LogP contribution >= 0.6 is 24.0 Å². The molecule has 2 aromatic rings. The average molecular weight is 459 g/mol. The summed E-state index contributed by atoms with van der Waals surface area (Å²) in [5.41, 5.74) is 2.17. The minimum atomic E-state index is 0. The lowest BCUT2D eigenvalue weighted by molar-refractivity contribution is 0.310. The minimum Gasteiger partial charge on any atom is -0.493 e. The van der Waals surface area contributed by atoms with Gasteiger partial charge in [0.15, 0.2) is 17.5 Å². The largest absolute Gasteiger partial charge is 0.493 e. The van der Waals surface area contributed by atoms with Gasteiger partial charge in [-0.3, -0.25) is 9.67 Å². The Bertz CT molecular complexity index is 687. The van der Waals surface area contributed by atoms with Crippen LogP contribution in [0.3, 0.4) is 0 Å². The molecule has 1 aromatic carbocycles. The van der Waals surface area contributed by atoms with Crippen molar-refractivity contribution < 1.29 is 9.47 Å². The number of nitrogens with zero attached hydrogens (tertiary/aromatic N) is 3. The maximum Gasteiger partial charge on any atom is 0.191 e. The van der Waals surface area contributed by atoms with Gasteiger partial charge in [-0.15, -0.1) is 24.0 Å². The number of rotatable bonds is 7. The highest BCUT2D eigenvalue weighted by Crippen LogP contribution is 2.27. The number of ether oxygens (including phenoxy) is 2. The van der Waals surface area contributed by atoms with E-state index in [2.05, 4.69) is 20.7 Å². The first-order chi connectivity index (χ1) is 11.7. The van der Waals surface area contributed by atoms with Crippen LogP contribution in [0.5, 0.6) is 11.5 Å². The van der Waals surface area contributed by atoms with Gasteiger partial charge < -0.3 is 20.1 Å². The summed E-state index contributed by atoms with van der Waals surface area (Å²) in [5, 5.41) is 10.7. The lowest BCUT2D eigenvalue weighted by Gasteiger charge is -2.14. The fourth-order valence-electron chi connectivity index (χ4n) is 2.25. The van der Waals surface area contributed by atoms with Crippen LogP contribution in [0.15, 0.2) is 35.5 Å². The molecule has 8 heteroatoms. The van der Waals surface area contributed by atoms with E-state index in [9.17, 15) is 0 Å². The van der Waals surface area contributed by atoms with Crippen LogP contribution in [-0.2, 0) is 20.1 Å². The molecule has 25 heavy (non-hydrogen) atoms. The van der Waals surface area contributed by atoms with Crippen LogP contribution in [-0.4, -0.2) is 36.5 Å². The summed E-state index contributed by atoms with van der Waals surface area (Å²) in [6.45, 7) is 3.84. The minimum absolute atomic E-state index is 0. The van der Waals surface area contributed by atoms with Gasteiger partial charge in [-0.1, -0.05) is 6.07 Å². The number of benzene rings is 1. The van der Waals surface area contributed by atoms with Gasteiger partial charge in [-0.25, -0.2) is 0 Å². The monoisotopic (exact) mass is 459 g/mol. The van der Waals surface area contributed by atoms with Gasteiger partial charge in [0, 0.05) is 26.8 Å². The fourth-order valence-corrected chi connectivity index (χ4v) is 2.25. The van der Waals surface area contributed by atoms with E-state index < -0.39 is 0 Å². The quantitative estimate of drug-likeness (QED) is 0.378. The van der Waals surface area contributed by atoms with E-state index in [1.807, 2.05) is 42.9 Å². The molecule has 0 spiro atoms. The van der Waals surface area contributed by atoms with E-state index in [1.54, 1.807) is 20.4 Å². The van der Waals surface area contributed by atoms with Gasteiger partial charge in [-0.05, 0) is 30.7 Å².